The number of rotatable bonds is 3. The van der Waals surface area contributed by atoms with Crippen molar-refractivity contribution in [2.24, 2.45) is 11.7 Å². The Balaban J connectivity index is 1.87. The van der Waals surface area contributed by atoms with Crippen molar-refractivity contribution in [1.29, 1.82) is 0 Å². The van der Waals surface area contributed by atoms with Crippen molar-refractivity contribution in [2.45, 2.75) is 19.4 Å². The van der Waals surface area contributed by atoms with Gasteiger partial charge in [0.1, 0.15) is 5.82 Å². The van der Waals surface area contributed by atoms with Crippen molar-refractivity contribution < 1.29 is 9.18 Å². The minimum Gasteiger partial charge on any atom is -0.327 e. The largest absolute Gasteiger partial charge is 0.327 e. The highest BCUT2D eigenvalue weighted by Gasteiger charge is 2.23. The van der Waals surface area contributed by atoms with E-state index in [9.17, 15) is 9.18 Å². The molecule has 0 bridgehead atoms. The molecule has 3 N–H and O–H groups in total. The summed E-state index contributed by atoms with van der Waals surface area (Å²) in [5.74, 6) is 0.0176. The molecule has 0 radical (unpaired) electrons. The van der Waals surface area contributed by atoms with Crippen LogP contribution in [-0.2, 0) is 4.79 Å². The molecule has 0 aliphatic carbocycles. The van der Waals surface area contributed by atoms with E-state index in [2.05, 4.69) is 12.2 Å². The minimum atomic E-state index is -0.355. The number of hydrogen-bond donors (Lipinski definition) is 2. The molecule has 1 aromatic carbocycles. The highest BCUT2D eigenvalue weighted by atomic mass is 19.1. The van der Waals surface area contributed by atoms with Gasteiger partial charge in [0.05, 0.1) is 6.54 Å². The van der Waals surface area contributed by atoms with Crippen molar-refractivity contribution in [3.63, 3.8) is 0 Å². The maximum absolute atomic E-state index is 13.0. The molecule has 1 aliphatic heterocycles. The lowest BCUT2D eigenvalue weighted by atomic mass is 9.97. The van der Waals surface area contributed by atoms with Crippen LogP contribution >= 0.6 is 0 Å². The van der Waals surface area contributed by atoms with Crippen LogP contribution in [0.5, 0.6) is 0 Å². The maximum atomic E-state index is 13.0. The first-order chi connectivity index (χ1) is 9.02. The number of nitrogens with zero attached hydrogens (tertiary/aromatic N) is 1. The van der Waals surface area contributed by atoms with E-state index in [1.165, 1.54) is 12.1 Å². The molecule has 1 aromatic rings. The lowest BCUT2D eigenvalue weighted by molar-refractivity contribution is -0.117. The van der Waals surface area contributed by atoms with Gasteiger partial charge in [-0.2, -0.15) is 0 Å². The van der Waals surface area contributed by atoms with E-state index in [1.54, 1.807) is 12.1 Å². The fraction of sp³-hybridized carbons (Fsp3) is 0.500. The minimum absolute atomic E-state index is 0.130. The molecule has 5 heteroatoms. The van der Waals surface area contributed by atoms with E-state index >= 15 is 0 Å². The molecule has 2 unspecified atom stereocenters. The molecule has 0 aromatic heterocycles. The summed E-state index contributed by atoms with van der Waals surface area (Å²) in [6, 6.07) is 6.03. The van der Waals surface area contributed by atoms with Crippen LogP contribution in [0, 0.1) is 11.7 Å². The van der Waals surface area contributed by atoms with Crippen molar-refractivity contribution in [3.05, 3.63) is 30.1 Å². The van der Waals surface area contributed by atoms with Gasteiger partial charge in [0, 0.05) is 24.8 Å². The van der Waals surface area contributed by atoms with Crippen molar-refractivity contribution in [3.8, 4) is 0 Å². The molecule has 19 heavy (non-hydrogen) atoms. The Morgan fingerprint density at radius 1 is 1.53 bits per heavy atom. The van der Waals surface area contributed by atoms with Gasteiger partial charge in [0.2, 0.25) is 5.91 Å². The second-order valence-electron chi connectivity index (χ2n) is 5.35. The normalized spacial score (nSPS) is 24.2. The van der Waals surface area contributed by atoms with Crippen molar-refractivity contribution in [1.82, 2.24) is 4.90 Å². The zero-order valence-electron chi connectivity index (χ0n) is 11.1. The molecule has 1 fully saturated rings. The fourth-order valence-electron chi connectivity index (χ4n) is 2.61. The predicted octanol–water partition coefficient (Wildman–Crippen LogP) is 1.43. The third-order valence-electron chi connectivity index (χ3n) is 3.24. The van der Waals surface area contributed by atoms with Crippen LogP contribution in [0.3, 0.4) is 0 Å². The average Bonchev–Trinajstić information content (AvgIpc) is 2.26. The van der Waals surface area contributed by atoms with Crippen molar-refractivity contribution in [2.75, 3.05) is 25.0 Å². The number of carbonyl (C=O) groups excluding carboxylic acids is 1. The molecule has 1 saturated heterocycles. The van der Waals surface area contributed by atoms with E-state index in [0.717, 1.165) is 19.5 Å². The first-order valence-corrected chi connectivity index (χ1v) is 6.56. The number of halogens is 1. The first-order valence-electron chi connectivity index (χ1n) is 6.56. The lowest BCUT2D eigenvalue weighted by Crippen LogP contribution is -2.48. The van der Waals surface area contributed by atoms with Gasteiger partial charge in [0.25, 0.3) is 0 Å². The zero-order chi connectivity index (χ0) is 13.8. The van der Waals surface area contributed by atoms with Gasteiger partial charge in [-0.1, -0.05) is 13.0 Å². The topological polar surface area (TPSA) is 58.4 Å². The molecule has 1 amide bonds. The molecule has 1 aliphatic rings. The van der Waals surface area contributed by atoms with Gasteiger partial charge in [0.15, 0.2) is 0 Å². The number of likely N-dealkylation sites (tertiary alicyclic amines) is 1. The van der Waals surface area contributed by atoms with Crippen LogP contribution < -0.4 is 11.1 Å². The predicted molar refractivity (Wildman–Crippen MR) is 73.2 cm³/mol. The number of piperidine rings is 1. The lowest BCUT2D eigenvalue weighted by Gasteiger charge is -2.34. The Morgan fingerprint density at radius 3 is 3.00 bits per heavy atom. The summed E-state index contributed by atoms with van der Waals surface area (Å²) in [6.45, 7) is 4.05. The summed E-state index contributed by atoms with van der Waals surface area (Å²) in [4.78, 5) is 13.9. The highest BCUT2D eigenvalue weighted by molar-refractivity contribution is 5.92. The average molecular weight is 265 g/mol. The van der Waals surface area contributed by atoms with Crippen LogP contribution in [0.4, 0.5) is 10.1 Å². The van der Waals surface area contributed by atoms with Gasteiger partial charge < -0.3 is 11.1 Å². The summed E-state index contributed by atoms with van der Waals surface area (Å²) in [6.07, 6.45) is 1.00. The summed E-state index contributed by atoms with van der Waals surface area (Å²) >= 11 is 0. The van der Waals surface area contributed by atoms with Crippen LogP contribution in [0.1, 0.15) is 13.3 Å². The Bertz CT molecular complexity index is 442. The van der Waals surface area contributed by atoms with Gasteiger partial charge in [-0.05, 0) is 30.5 Å². The standard InChI is InChI=1S/C14H20FN3O/c1-10-5-12(16)8-18(7-10)9-14(19)17-13-4-2-3-11(15)6-13/h2-4,6,10,12H,5,7-9,16H2,1H3,(H,17,19). The van der Waals surface area contributed by atoms with Crippen LogP contribution in [0.15, 0.2) is 24.3 Å². The molecular formula is C14H20FN3O. The number of nitrogens with two attached hydrogens (primary N) is 1. The first kappa shape index (κ1) is 14.0. The smallest absolute Gasteiger partial charge is 0.238 e. The van der Waals surface area contributed by atoms with Gasteiger partial charge in [-0.3, -0.25) is 9.69 Å². The number of nitrogens with one attached hydrogen (secondary N) is 1. The number of benzene rings is 1. The Kier molecular flexibility index (Phi) is 4.50. The molecule has 1 heterocycles. The number of carbonyl (C=O) groups is 1. The summed E-state index contributed by atoms with van der Waals surface area (Å²) in [5.41, 5.74) is 6.43. The second-order valence-corrected chi connectivity index (χ2v) is 5.35. The molecule has 2 atom stereocenters. The molecule has 4 nitrogen and oxygen atoms in total. The SMILES string of the molecule is CC1CC(N)CN(CC(=O)Nc2cccc(F)c2)C1. The zero-order valence-corrected chi connectivity index (χ0v) is 11.1. The number of amides is 1. The quantitative estimate of drug-likeness (QED) is 0.869. The molecule has 0 saturated carbocycles. The fourth-order valence-corrected chi connectivity index (χ4v) is 2.61. The maximum Gasteiger partial charge on any atom is 0.238 e. The van der Waals surface area contributed by atoms with Gasteiger partial charge in [-0.15, -0.1) is 0 Å². The van der Waals surface area contributed by atoms with E-state index in [4.69, 9.17) is 5.73 Å². The number of anilines is 1. The van der Waals surface area contributed by atoms with Crippen LogP contribution in [-0.4, -0.2) is 36.5 Å². The summed E-state index contributed by atoms with van der Waals surface area (Å²) in [5, 5.41) is 2.70. The molecule has 0 spiro atoms. The van der Waals surface area contributed by atoms with Crippen molar-refractivity contribution >= 4 is 11.6 Å². The molecular weight excluding hydrogens is 245 g/mol. The highest BCUT2D eigenvalue weighted by Crippen LogP contribution is 2.15. The van der Waals surface area contributed by atoms with Crippen LogP contribution in [0.2, 0.25) is 0 Å². The van der Waals surface area contributed by atoms with E-state index in [0.29, 0.717) is 18.2 Å². The number of hydrogen-bond acceptors (Lipinski definition) is 3. The Hall–Kier alpha value is -1.46. The van der Waals surface area contributed by atoms with E-state index < -0.39 is 0 Å². The Morgan fingerprint density at radius 2 is 2.32 bits per heavy atom. The van der Waals surface area contributed by atoms with E-state index in [-0.39, 0.29) is 17.8 Å². The third-order valence-corrected chi connectivity index (χ3v) is 3.24. The molecule has 2 rings (SSSR count). The van der Waals surface area contributed by atoms with E-state index in [1.807, 2.05) is 4.90 Å². The van der Waals surface area contributed by atoms with Crippen LogP contribution in [0.25, 0.3) is 0 Å². The second kappa shape index (κ2) is 6.12. The summed E-state index contributed by atoms with van der Waals surface area (Å²) in [7, 11) is 0. The van der Waals surface area contributed by atoms with Gasteiger partial charge >= 0.3 is 0 Å². The van der Waals surface area contributed by atoms with Gasteiger partial charge in [-0.25, -0.2) is 4.39 Å². The third kappa shape index (κ3) is 4.29. The molecule has 104 valence electrons. The summed E-state index contributed by atoms with van der Waals surface area (Å²) < 4.78 is 13.0. The monoisotopic (exact) mass is 265 g/mol. The Labute approximate surface area is 112 Å².